The van der Waals surface area contributed by atoms with E-state index in [9.17, 15) is 65.5 Å². The van der Waals surface area contributed by atoms with Gasteiger partial charge in [-0.15, -0.1) is 0 Å². The average Bonchev–Trinajstić information content (AvgIpc) is 0.790. The summed E-state index contributed by atoms with van der Waals surface area (Å²) in [7, 11) is -16.0. The minimum atomic E-state index is -6.09. The minimum Gasteiger partial charge on any atom is -0.744 e. The lowest BCUT2D eigenvalue weighted by atomic mass is 9.89. The van der Waals surface area contributed by atoms with Crippen LogP contribution in [0.1, 0.15) is 87.1 Å². The van der Waals surface area contributed by atoms with E-state index in [4.69, 9.17) is 13.0 Å². The summed E-state index contributed by atoms with van der Waals surface area (Å²) in [5.41, 5.74) is -6.99. The summed E-state index contributed by atoms with van der Waals surface area (Å²) in [5, 5.41) is 0. The predicted molar refractivity (Wildman–Crippen MR) is 381 cm³/mol. The normalized spacial score (nSPS) is 11.8. The Morgan fingerprint density at radius 3 is 0.598 bits per heavy atom. The molecule has 9 nitrogen and oxygen atoms in total. The Hall–Kier alpha value is -8.43. The summed E-state index contributed by atoms with van der Waals surface area (Å²) in [6.07, 6.45) is -10.4. The molecule has 0 aromatic heterocycles. The average molecular weight is 1520 g/mol. The Morgan fingerprint density at radius 1 is 0.284 bits per heavy atom. The van der Waals surface area contributed by atoms with Crippen LogP contribution in [0.4, 0.5) is 39.5 Å². The zero-order valence-corrected chi connectivity index (χ0v) is 60.5. The van der Waals surface area contributed by atoms with Crippen LogP contribution in [0.25, 0.3) is 0 Å². The van der Waals surface area contributed by atoms with Crippen LogP contribution in [0, 0.1) is 0 Å². The van der Waals surface area contributed by atoms with Gasteiger partial charge in [0.2, 0.25) is 0 Å². The summed E-state index contributed by atoms with van der Waals surface area (Å²) in [6, 6.07) is 99.6. The molecule has 0 saturated heterocycles. The molecule has 0 saturated carbocycles. The summed E-state index contributed by atoms with van der Waals surface area (Å²) in [6.45, 7) is 11.8. The SMILES string of the molecule is CC(C)c1cc(C(C)C)c(S(=O)(=O)[O-])c(C(C)C)c1.O=S(=O)([O-])C(F)(F)F.O=S(=O)([O-])c1cc(C(F)(F)F)cc(C(F)(F)F)c1.c1ccc([S+](c2ccccc2)c2ccccc2)cc1.c1ccc([S+](c2ccccc2)c2ccccc2)cc1.c1ccc([S+](c2ccccc2)c2ccccc2)cc1. The van der Waals surface area contributed by atoms with Gasteiger partial charge in [0.1, 0.15) is 20.2 Å². The number of benzene rings is 11. The van der Waals surface area contributed by atoms with Gasteiger partial charge in [-0.2, -0.15) is 39.5 Å². The number of hydrogen-bond acceptors (Lipinski definition) is 9. The van der Waals surface area contributed by atoms with Gasteiger partial charge in [0.25, 0.3) is 0 Å². The molecule has 0 heterocycles. The first-order chi connectivity index (χ1) is 48.0. The lowest BCUT2D eigenvalue weighted by Gasteiger charge is -2.24. The molecule has 0 radical (unpaired) electrons. The number of halogens is 9. The van der Waals surface area contributed by atoms with Crippen molar-refractivity contribution in [2.45, 2.75) is 131 Å². The van der Waals surface area contributed by atoms with E-state index in [-0.39, 0.29) is 67.6 Å². The van der Waals surface area contributed by atoms with Gasteiger partial charge in [-0.3, -0.25) is 0 Å². The van der Waals surface area contributed by atoms with Crippen molar-refractivity contribution in [3.8, 4) is 0 Å². The molecule has 0 amide bonds. The van der Waals surface area contributed by atoms with E-state index in [1.54, 1.807) is 0 Å². The molecule has 0 N–H and O–H groups in total. The molecule has 0 aliphatic carbocycles. The zero-order valence-electron chi connectivity index (χ0n) is 55.6. The highest BCUT2D eigenvalue weighted by Crippen LogP contribution is 2.39. The van der Waals surface area contributed by atoms with Crippen molar-refractivity contribution in [2.24, 2.45) is 0 Å². The monoisotopic (exact) mass is 1510 g/mol. The third kappa shape index (κ3) is 25.2. The molecule has 11 aromatic rings. The maximum atomic E-state index is 12.3. The highest BCUT2D eigenvalue weighted by Gasteiger charge is 2.39. The highest BCUT2D eigenvalue weighted by molar-refractivity contribution is 7.97. The predicted octanol–water partition coefficient (Wildman–Crippen LogP) is 21.0. The molecule has 0 unspecified atom stereocenters. The van der Waals surface area contributed by atoms with E-state index in [1.807, 2.05) is 39.8 Å². The van der Waals surface area contributed by atoms with Gasteiger partial charge >= 0.3 is 17.9 Å². The first-order valence-corrected chi connectivity index (χ1v) is 39.0. The van der Waals surface area contributed by atoms with Gasteiger partial charge in [-0.1, -0.05) is 217 Å². The second kappa shape index (κ2) is 37.7. The van der Waals surface area contributed by atoms with Gasteiger partial charge in [0, 0.05) is 0 Å². The Labute approximate surface area is 599 Å². The smallest absolute Gasteiger partial charge is 0.485 e. The quantitative estimate of drug-likeness (QED) is 0.0445. The number of alkyl halides is 9. The largest absolute Gasteiger partial charge is 0.744 e. The summed E-state index contributed by atoms with van der Waals surface area (Å²) in [4.78, 5) is 10.7. The Bertz CT molecular complexity index is 4070. The van der Waals surface area contributed by atoms with Crippen LogP contribution in [0.2, 0.25) is 0 Å². The lowest BCUT2D eigenvalue weighted by Crippen LogP contribution is -2.21. The minimum absolute atomic E-state index is 0.00919. The molecular weight excluding hydrogens is 1440 g/mol. The maximum absolute atomic E-state index is 12.3. The standard InChI is InChI=1S/3C18H15S.C15H24O3S.C8H4F6O3S.CHF3O3S/c3*1-4-10-16(11-5-1)19(17-12-6-2-7-13-17)18-14-8-3-9-15-18;1-9(2)12-7-13(10(3)4)15(19(16,17)18)14(8-12)11(5)6;9-7(10,11)4-1-5(8(12,13)14)3-6(2-4)18(15,16)17;2-1(3,4)8(5,6)7/h3*1-15H;7-11H,1-6H3,(H,16,17,18);1-3H,(H,15,16,17);(H,5,6,7)/q3*+1;;;/p-3. The van der Waals surface area contributed by atoms with E-state index < -0.39 is 64.2 Å². The fourth-order valence-electron chi connectivity index (χ4n) is 9.48. The highest BCUT2D eigenvalue weighted by atomic mass is 32.2. The second-order valence-corrected chi connectivity index (χ2v) is 32.9. The van der Waals surface area contributed by atoms with Gasteiger partial charge in [-0.25, -0.2) is 25.3 Å². The first kappa shape index (κ1) is 82.5. The maximum Gasteiger partial charge on any atom is 0.485 e. The van der Waals surface area contributed by atoms with Crippen molar-refractivity contribution < 1.29 is 78.4 Å². The van der Waals surface area contributed by atoms with Gasteiger partial charge in [-0.05, 0) is 162 Å². The zero-order chi connectivity index (χ0) is 75.1. The summed E-state index contributed by atoms with van der Waals surface area (Å²) < 4.78 is 199. The van der Waals surface area contributed by atoms with E-state index in [2.05, 4.69) is 287 Å². The molecule has 102 heavy (non-hydrogen) atoms. The second-order valence-electron chi connectivity index (χ2n) is 22.8. The van der Waals surface area contributed by atoms with Crippen molar-refractivity contribution in [1.29, 1.82) is 0 Å². The molecule has 0 spiro atoms. The van der Waals surface area contributed by atoms with E-state index in [0.29, 0.717) is 17.0 Å². The molecule has 0 atom stereocenters. The fourth-order valence-corrected chi connectivity index (χ4v) is 17.5. The van der Waals surface area contributed by atoms with Crippen LogP contribution in [0.3, 0.4) is 0 Å². The van der Waals surface area contributed by atoms with Crippen LogP contribution in [0.15, 0.2) is 357 Å². The summed E-state index contributed by atoms with van der Waals surface area (Å²) in [5.74, 6) is 0.322. The van der Waals surface area contributed by atoms with Crippen LogP contribution >= 0.6 is 0 Å². The number of hydrogen-bond donors (Lipinski definition) is 0. The van der Waals surface area contributed by atoms with Crippen LogP contribution in [0.5, 0.6) is 0 Å². The van der Waals surface area contributed by atoms with Crippen molar-refractivity contribution in [3.05, 3.63) is 331 Å². The lowest BCUT2D eigenvalue weighted by molar-refractivity contribution is -0.143. The Balaban J connectivity index is 0.000000195. The molecule has 0 aliphatic rings. The van der Waals surface area contributed by atoms with Gasteiger partial charge in [0.05, 0.1) is 53.6 Å². The molecular formula is C78H71F9O9S6. The first-order valence-electron chi connectivity index (χ1n) is 31.1. The van der Waals surface area contributed by atoms with E-state index in [1.165, 1.54) is 44.1 Å². The molecule has 24 heteroatoms. The van der Waals surface area contributed by atoms with Crippen LogP contribution in [-0.2, 0) is 75.4 Å². The van der Waals surface area contributed by atoms with Gasteiger partial charge in [0.15, 0.2) is 54.2 Å². The van der Waals surface area contributed by atoms with Crippen molar-refractivity contribution in [2.75, 3.05) is 0 Å². The van der Waals surface area contributed by atoms with Crippen LogP contribution in [-0.4, -0.2) is 44.4 Å². The van der Waals surface area contributed by atoms with Crippen LogP contribution < -0.4 is 0 Å². The molecule has 0 aliphatic heterocycles. The molecule has 0 bridgehead atoms. The van der Waals surface area contributed by atoms with Crippen molar-refractivity contribution in [3.63, 3.8) is 0 Å². The third-order valence-electron chi connectivity index (χ3n) is 14.3. The van der Waals surface area contributed by atoms with Crippen molar-refractivity contribution >= 4 is 63.0 Å². The third-order valence-corrected chi connectivity index (χ3v) is 23.3. The molecule has 11 aromatic carbocycles. The molecule has 0 fully saturated rings. The molecule has 536 valence electrons. The summed E-state index contributed by atoms with van der Waals surface area (Å²) >= 11 is 0. The Kier molecular flexibility index (Phi) is 30.5. The molecule has 11 rings (SSSR count). The van der Waals surface area contributed by atoms with Gasteiger partial charge < -0.3 is 13.7 Å². The topological polar surface area (TPSA) is 172 Å². The fraction of sp³-hybridized carbons (Fsp3) is 0.154. The van der Waals surface area contributed by atoms with E-state index >= 15 is 0 Å². The van der Waals surface area contributed by atoms with E-state index in [0.717, 1.165) is 5.56 Å². The van der Waals surface area contributed by atoms with Crippen molar-refractivity contribution in [1.82, 2.24) is 0 Å². The Morgan fingerprint density at radius 2 is 0.471 bits per heavy atom. The number of rotatable bonds is 14.